The maximum absolute atomic E-state index is 12.0. The molecule has 6 rings (SSSR count). The van der Waals surface area contributed by atoms with Gasteiger partial charge in [-0.1, -0.05) is 24.3 Å². The molecule has 1 amide bonds. The third kappa shape index (κ3) is 4.05. The molecule has 1 saturated heterocycles. The van der Waals surface area contributed by atoms with Crippen molar-refractivity contribution in [3.63, 3.8) is 0 Å². The highest BCUT2D eigenvalue weighted by atomic mass is 16.1. The average Bonchev–Trinajstić information content (AvgIpc) is 3.48. The first kappa shape index (κ1) is 23.0. The van der Waals surface area contributed by atoms with Gasteiger partial charge < -0.3 is 22.1 Å². The largest absolute Gasteiger partial charge is 0.383 e. The van der Waals surface area contributed by atoms with Crippen molar-refractivity contribution < 1.29 is 4.79 Å². The highest BCUT2D eigenvalue weighted by Gasteiger charge is 2.28. The zero-order valence-electron chi connectivity index (χ0n) is 20.6. The summed E-state index contributed by atoms with van der Waals surface area (Å²) in [7, 11) is 1.67. The normalized spacial score (nSPS) is 17.9. The minimum atomic E-state index is 0.0351. The van der Waals surface area contributed by atoms with E-state index in [0.29, 0.717) is 18.1 Å². The van der Waals surface area contributed by atoms with Gasteiger partial charge in [-0.2, -0.15) is 10.2 Å². The summed E-state index contributed by atoms with van der Waals surface area (Å²) in [6.45, 7) is 0.831. The van der Waals surface area contributed by atoms with E-state index in [1.807, 2.05) is 53.0 Å². The summed E-state index contributed by atoms with van der Waals surface area (Å²) in [4.78, 5) is 16.3. The van der Waals surface area contributed by atoms with Gasteiger partial charge in [0.05, 0.1) is 11.2 Å². The van der Waals surface area contributed by atoms with Crippen molar-refractivity contribution in [3.8, 4) is 16.8 Å². The molecule has 0 aliphatic carbocycles. The Morgan fingerprint density at radius 3 is 2.81 bits per heavy atom. The summed E-state index contributed by atoms with van der Waals surface area (Å²) in [6, 6.07) is 18.2. The van der Waals surface area contributed by atoms with Crippen LogP contribution in [0.3, 0.4) is 0 Å². The smallest absolute Gasteiger partial charge is 0.221 e. The van der Waals surface area contributed by atoms with Crippen molar-refractivity contribution >= 4 is 34.0 Å². The monoisotopic (exact) mass is 495 g/mol. The van der Waals surface area contributed by atoms with Gasteiger partial charge in [-0.25, -0.2) is 14.2 Å². The number of nitrogens with two attached hydrogens (primary N) is 2. The lowest BCUT2D eigenvalue weighted by Crippen LogP contribution is -2.40. The summed E-state index contributed by atoms with van der Waals surface area (Å²) in [5.74, 6) is 1.27. The molecule has 37 heavy (non-hydrogen) atoms. The van der Waals surface area contributed by atoms with Crippen LogP contribution >= 0.6 is 0 Å². The number of carbonyl (C=O) groups is 1. The van der Waals surface area contributed by atoms with Crippen molar-refractivity contribution in [3.05, 3.63) is 66.6 Å². The molecule has 10 nitrogen and oxygen atoms in total. The predicted molar refractivity (Wildman–Crippen MR) is 144 cm³/mol. The van der Waals surface area contributed by atoms with Crippen LogP contribution in [0.5, 0.6) is 0 Å². The van der Waals surface area contributed by atoms with Crippen LogP contribution in [0.2, 0.25) is 0 Å². The topological polar surface area (TPSA) is 141 Å². The second-order valence-electron chi connectivity index (χ2n) is 9.50. The molecule has 1 aliphatic heterocycles. The van der Waals surface area contributed by atoms with Gasteiger partial charge in [-0.3, -0.25) is 4.79 Å². The number of benzene rings is 2. The molecule has 1 fully saturated rings. The number of piperidine rings is 1. The van der Waals surface area contributed by atoms with Crippen LogP contribution in [-0.4, -0.2) is 49.9 Å². The van der Waals surface area contributed by atoms with Gasteiger partial charge in [-0.15, -0.1) is 0 Å². The average molecular weight is 496 g/mol. The third-order valence-electron chi connectivity index (χ3n) is 7.26. The number of nitrogen functional groups attached to an aromatic ring is 2. The van der Waals surface area contributed by atoms with E-state index in [9.17, 15) is 4.79 Å². The highest BCUT2D eigenvalue weighted by molar-refractivity contribution is 5.96. The molecule has 4 heterocycles. The molecule has 10 heteroatoms. The summed E-state index contributed by atoms with van der Waals surface area (Å²) in [5.41, 5.74) is 18.3. The molecule has 2 aromatic carbocycles. The summed E-state index contributed by atoms with van der Waals surface area (Å²) in [6.07, 6.45) is 3.71. The molecule has 2 atom stereocenters. The summed E-state index contributed by atoms with van der Waals surface area (Å²) >= 11 is 0. The van der Waals surface area contributed by atoms with Gasteiger partial charge in [0.2, 0.25) is 5.91 Å². The van der Waals surface area contributed by atoms with Crippen LogP contribution in [0.1, 0.15) is 30.9 Å². The Labute approximate surface area is 213 Å². The molecule has 0 saturated carbocycles. The van der Waals surface area contributed by atoms with E-state index in [4.69, 9.17) is 16.6 Å². The van der Waals surface area contributed by atoms with E-state index in [2.05, 4.69) is 26.8 Å². The molecule has 3 aromatic heterocycles. The number of anilines is 2. The minimum Gasteiger partial charge on any atom is -0.383 e. The maximum Gasteiger partial charge on any atom is 0.221 e. The number of para-hydroxylation sites is 1. The SMILES string of the molecule is CNC(=O)CC1CC(c2cc(-c3ccc4c(N)n(-c5ccccc5)nc4c3)c3c(N)ncnn23)CCN1. The molecular formula is C27H29N9O. The van der Waals surface area contributed by atoms with E-state index in [0.717, 1.165) is 58.3 Å². The number of fused-ring (bicyclic) bond motifs is 2. The van der Waals surface area contributed by atoms with Crippen LogP contribution < -0.4 is 22.1 Å². The van der Waals surface area contributed by atoms with Gasteiger partial charge >= 0.3 is 0 Å². The second-order valence-corrected chi connectivity index (χ2v) is 9.50. The van der Waals surface area contributed by atoms with Crippen LogP contribution in [0.25, 0.3) is 33.2 Å². The fraction of sp³-hybridized carbons (Fsp3) is 0.259. The summed E-state index contributed by atoms with van der Waals surface area (Å²) < 4.78 is 3.67. The quantitative estimate of drug-likeness (QED) is 0.294. The summed E-state index contributed by atoms with van der Waals surface area (Å²) in [5, 5.41) is 16.4. The molecule has 0 radical (unpaired) electrons. The minimum absolute atomic E-state index is 0.0351. The molecule has 0 spiro atoms. The van der Waals surface area contributed by atoms with Crippen molar-refractivity contribution in [2.24, 2.45) is 0 Å². The fourth-order valence-electron chi connectivity index (χ4n) is 5.40. The van der Waals surface area contributed by atoms with Crippen molar-refractivity contribution in [1.29, 1.82) is 0 Å². The van der Waals surface area contributed by atoms with E-state index in [1.54, 1.807) is 11.7 Å². The first-order valence-electron chi connectivity index (χ1n) is 12.4. The molecule has 5 aromatic rings. The van der Waals surface area contributed by atoms with E-state index in [1.165, 1.54) is 6.33 Å². The van der Waals surface area contributed by atoms with Crippen LogP contribution in [0.15, 0.2) is 60.9 Å². The lowest BCUT2D eigenvalue weighted by molar-refractivity contribution is -0.121. The number of nitrogens with one attached hydrogen (secondary N) is 2. The Morgan fingerprint density at radius 1 is 1.16 bits per heavy atom. The van der Waals surface area contributed by atoms with Gasteiger partial charge in [0.15, 0.2) is 5.82 Å². The Bertz CT molecular complexity index is 1610. The predicted octanol–water partition coefficient (Wildman–Crippen LogP) is 2.87. The second kappa shape index (κ2) is 9.21. The number of amides is 1. The van der Waals surface area contributed by atoms with Crippen molar-refractivity contribution in [2.75, 3.05) is 25.1 Å². The highest BCUT2D eigenvalue weighted by Crippen LogP contribution is 2.38. The van der Waals surface area contributed by atoms with E-state index >= 15 is 0 Å². The van der Waals surface area contributed by atoms with Crippen LogP contribution in [0.4, 0.5) is 11.6 Å². The number of hydrogen-bond acceptors (Lipinski definition) is 7. The van der Waals surface area contributed by atoms with E-state index < -0.39 is 0 Å². The zero-order valence-corrected chi connectivity index (χ0v) is 20.6. The lowest BCUT2D eigenvalue weighted by atomic mass is 9.88. The van der Waals surface area contributed by atoms with Gasteiger partial charge in [-0.05, 0) is 55.3 Å². The Morgan fingerprint density at radius 2 is 2.00 bits per heavy atom. The molecule has 2 unspecified atom stereocenters. The fourth-order valence-corrected chi connectivity index (χ4v) is 5.40. The standard InChI is InChI=1S/C27H29N9O/c1-30-24(37)13-18-11-17(9-10-31-18)23-14-21(25-26(28)32-15-33-36(23)25)16-7-8-20-22(12-16)34-35(27(20)29)19-5-3-2-4-6-19/h2-8,12,14-15,17-18,31H,9-11,13,29H2,1H3,(H,30,37)(H2,28,32,33). The van der Waals surface area contributed by atoms with Gasteiger partial charge in [0, 0.05) is 42.1 Å². The number of carbonyl (C=O) groups excluding carboxylic acids is 1. The zero-order chi connectivity index (χ0) is 25.5. The number of hydrogen-bond donors (Lipinski definition) is 4. The first-order chi connectivity index (χ1) is 18.0. The van der Waals surface area contributed by atoms with E-state index in [-0.39, 0.29) is 17.9 Å². The molecule has 1 aliphatic rings. The van der Waals surface area contributed by atoms with Crippen molar-refractivity contribution in [2.45, 2.75) is 31.2 Å². The Hall–Kier alpha value is -4.44. The maximum atomic E-state index is 12.0. The lowest BCUT2D eigenvalue weighted by Gasteiger charge is -2.29. The van der Waals surface area contributed by atoms with Gasteiger partial charge in [0.1, 0.15) is 17.7 Å². The van der Waals surface area contributed by atoms with Crippen LogP contribution in [-0.2, 0) is 4.79 Å². The number of aromatic nitrogens is 5. The number of rotatable bonds is 5. The Kier molecular flexibility index (Phi) is 5.72. The van der Waals surface area contributed by atoms with Crippen molar-refractivity contribution in [1.82, 2.24) is 35.0 Å². The molecular weight excluding hydrogens is 466 g/mol. The van der Waals surface area contributed by atoms with Crippen LogP contribution in [0, 0.1) is 0 Å². The van der Waals surface area contributed by atoms with Gasteiger partial charge in [0.25, 0.3) is 0 Å². The third-order valence-corrected chi connectivity index (χ3v) is 7.26. The molecule has 0 bridgehead atoms. The number of nitrogens with zero attached hydrogens (tertiary/aromatic N) is 5. The first-order valence-corrected chi connectivity index (χ1v) is 12.4. The Balaban J connectivity index is 1.43. The molecule has 6 N–H and O–H groups in total. The molecule has 188 valence electrons.